The van der Waals surface area contributed by atoms with Crippen LogP contribution in [-0.4, -0.2) is 36.1 Å². The van der Waals surface area contributed by atoms with Gasteiger partial charge in [-0.1, -0.05) is 39.0 Å². The first-order valence-corrected chi connectivity index (χ1v) is 9.35. The monoisotopic (exact) mass is 278 g/mol. The van der Waals surface area contributed by atoms with E-state index in [0.29, 0.717) is 0 Å². The molecule has 0 spiro atoms. The van der Waals surface area contributed by atoms with Gasteiger partial charge in [0.15, 0.2) is 0 Å². The normalized spacial score (nSPS) is 33.5. The van der Waals surface area contributed by atoms with Crippen LogP contribution in [0.1, 0.15) is 77.6 Å². The maximum absolute atomic E-state index is 4.02. The van der Waals surface area contributed by atoms with E-state index in [-0.39, 0.29) is 0 Å². The Morgan fingerprint density at radius 2 is 1.75 bits per heavy atom. The van der Waals surface area contributed by atoms with Gasteiger partial charge in [0.25, 0.3) is 0 Å². The summed E-state index contributed by atoms with van der Waals surface area (Å²) in [6.45, 7) is 5.07. The third-order valence-electron chi connectivity index (χ3n) is 5.95. The van der Waals surface area contributed by atoms with Crippen LogP contribution in [0.15, 0.2) is 0 Å². The fourth-order valence-electron chi connectivity index (χ4n) is 4.54. The summed E-state index contributed by atoms with van der Waals surface area (Å²) in [5.41, 5.74) is 0. The smallest absolute Gasteiger partial charge is 0.0200 e. The lowest BCUT2D eigenvalue weighted by atomic mass is 9.84. The largest absolute Gasteiger partial charge is 0.310 e. The van der Waals surface area contributed by atoms with Gasteiger partial charge < -0.3 is 5.32 Å². The lowest BCUT2D eigenvalue weighted by Gasteiger charge is -2.46. The summed E-state index contributed by atoms with van der Waals surface area (Å²) in [4.78, 5) is 2.85. The Bertz CT molecular complexity index is 281. The molecule has 1 heterocycles. The molecule has 3 rings (SSSR count). The van der Waals surface area contributed by atoms with E-state index in [1.807, 2.05) is 0 Å². The van der Waals surface area contributed by atoms with Crippen molar-refractivity contribution in [1.29, 1.82) is 0 Å². The fraction of sp³-hybridized carbons (Fsp3) is 1.00. The van der Waals surface area contributed by atoms with Crippen molar-refractivity contribution in [2.75, 3.05) is 13.1 Å². The molecule has 2 unspecified atom stereocenters. The molecular weight excluding hydrogens is 244 g/mol. The van der Waals surface area contributed by atoms with Crippen LogP contribution in [0.25, 0.3) is 0 Å². The zero-order valence-electron chi connectivity index (χ0n) is 13.4. The van der Waals surface area contributed by atoms with Gasteiger partial charge in [0, 0.05) is 31.2 Å². The summed E-state index contributed by atoms with van der Waals surface area (Å²) in [6, 6.07) is 2.56. The first-order chi connectivity index (χ1) is 9.85. The first kappa shape index (κ1) is 14.8. The Morgan fingerprint density at radius 3 is 2.40 bits per heavy atom. The molecule has 1 saturated heterocycles. The third-order valence-corrected chi connectivity index (χ3v) is 5.95. The molecule has 2 aliphatic carbocycles. The lowest BCUT2D eigenvalue weighted by Crippen LogP contribution is -2.55. The molecule has 1 aliphatic heterocycles. The highest BCUT2D eigenvalue weighted by atomic mass is 15.2. The highest BCUT2D eigenvalue weighted by Crippen LogP contribution is 2.31. The summed E-state index contributed by atoms with van der Waals surface area (Å²) in [5, 5.41) is 4.02. The van der Waals surface area contributed by atoms with Gasteiger partial charge in [-0.25, -0.2) is 0 Å². The second-order valence-electron chi connectivity index (χ2n) is 7.63. The summed E-state index contributed by atoms with van der Waals surface area (Å²) in [6.07, 6.45) is 15.9. The van der Waals surface area contributed by atoms with Crippen LogP contribution in [0.4, 0.5) is 0 Å². The van der Waals surface area contributed by atoms with Crippen LogP contribution in [0.5, 0.6) is 0 Å². The predicted octanol–water partition coefficient (Wildman–Crippen LogP) is 3.95. The molecule has 2 heteroatoms. The maximum Gasteiger partial charge on any atom is 0.0200 e. The molecule has 0 aromatic heterocycles. The van der Waals surface area contributed by atoms with Gasteiger partial charge in [-0.2, -0.15) is 0 Å². The van der Waals surface area contributed by atoms with Crippen LogP contribution in [0.3, 0.4) is 0 Å². The van der Waals surface area contributed by atoms with E-state index in [2.05, 4.69) is 17.1 Å². The number of likely N-dealkylation sites (tertiary alicyclic amines) is 1. The van der Waals surface area contributed by atoms with Crippen LogP contribution >= 0.6 is 0 Å². The highest BCUT2D eigenvalue weighted by Gasteiger charge is 2.34. The van der Waals surface area contributed by atoms with Crippen LogP contribution in [0.2, 0.25) is 0 Å². The topological polar surface area (TPSA) is 15.3 Å². The van der Waals surface area contributed by atoms with Crippen LogP contribution in [0, 0.1) is 5.92 Å². The van der Waals surface area contributed by atoms with Gasteiger partial charge in [0.05, 0.1) is 0 Å². The fourth-order valence-corrected chi connectivity index (χ4v) is 4.54. The van der Waals surface area contributed by atoms with Crippen LogP contribution < -0.4 is 5.32 Å². The predicted molar refractivity (Wildman–Crippen MR) is 86.0 cm³/mol. The average molecular weight is 278 g/mol. The quantitative estimate of drug-likeness (QED) is 0.791. The van der Waals surface area contributed by atoms with Gasteiger partial charge in [0.1, 0.15) is 0 Å². The Morgan fingerprint density at radius 1 is 0.950 bits per heavy atom. The Kier molecular flexibility index (Phi) is 5.39. The van der Waals surface area contributed by atoms with E-state index in [4.69, 9.17) is 0 Å². The second-order valence-corrected chi connectivity index (χ2v) is 7.63. The van der Waals surface area contributed by atoms with Crippen molar-refractivity contribution in [3.8, 4) is 0 Å². The van der Waals surface area contributed by atoms with Crippen LogP contribution in [-0.2, 0) is 0 Å². The van der Waals surface area contributed by atoms with Gasteiger partial charge in [-0.3, -0.25) is 4.90 Å². The molecule has 0 amide bonds. The first-order valence-electron chi connectivity index (χ1n) is 9.35. The Hall–Kier alpha value is -0.0800. The van der Waals surface area contributed by atoms with Crippen molar-refractivity contribution < 1.29 is 0 Å². The number of unbranched alkanes of at least 4 members (excludes halogenated alkanes) is 1. The number of piperidine rings is 1. The third kappa shape index (κ3) is 3.76. The van der Waals surface area contributed by atoms with E-state index >= 15 is 0 Å². The molecule has 2 nitrogen and oxygen atoms in total. The SMILES string of the molecule is CCCCC1CC(NC2CCCC2)CN(C2CCC2)C1. The van der Waals surface area contributed by atoms with Crippen molar-refractivity contribution >= 4 is 0 Å². The molecule has 2 saturated carbocycles. The summed E-state index contributed by atoms with van der Waals surface area (Å²) in [5.74, 6) is 0.961. The number of hydrogen-bond donors (Lipinski definition) is 1. The van der Waals surface area contributed by atoms with Crippen molar-refractivity contribution in [2.45, 2.75) is 95.7 Å². The molecule has 0 aromatic carbocycles. The highest BCUT2D eigenvalue weighted by molar-refractivity contribution is 4.91. The van der Waals surface area contributed by atoms with Gasteiger partial charge >= 0.3 is 0 Å². The summed E-state index contributed by atoms with van der Waals surface area (Å²) in [7, 11) is 0. The van der Waals surface area contributed by atoms with Crippen molar-refractivity contribution in [2.24, 2.45) is 5.92 Å². The van der Waals surface area contributed by atoms with Crippen molar-refractivity contribution in [1.82, 2.24) is 10.2 Å². The zero-order chi connectivity index (χ0) is 13.8. The molecule has 0 aromatic rings. The molecule has 0 radical (unpaired) electrons. The number of nitrogens with one attached hydrogen (secondary N) is 1. The van der Waals surface area contributed by atoms with Gasteiger partial charge in [-0.15, -0.1) is 0 Å². The molecular formula is C18H34N2. The van der Waals surface area contributed by atoms with E-state index in [0.717, 1.165) is 24.0 Å². The minimum absolute atomic E-state index is 0.786. The van der Waals surface area contributed by atoms with E-state index < -0.39 is 0 Å². The number of rotatable bonds is 6. The lowest BCUT2D eigenvalue weighted by molar-refractivity contribution is 0.0529. The van der Waals surface area contributed by atoms with Gasteiger partial charge in [0.2, 0.25) is 0 Å². The van der Waals surface area contributed by atoms with E-state index in [1.54, 1.807) is 0 Å². The molecule has 116 valence electrons. The molecule has 2 atom stereocenters. The van der Waals surface area contributed by atoms with Crippen molar-refractivity contribution in [3.05, 3.63) is 0 Å². The Labute approximate surface area is 125 Å². The Balaban J connectivity index is 1.53. The minimum Gasteiger partial charge on any atom is -0.310 e. The summed E-state index contributed by atoms with van der Waals surface area (Å²) < 4.78 is 0. The zero-order valence-corrected chi connectivity index (χ0v) is 13.4. The average Bonchev–Trinajstić information content (AvgIpc) is 2.87. The van der Waals surface area contributed by atoms with Crippen molar-refractivity contribution in [3.63, 3.8) is 0 Å². The van der Waals surface area contributed by atoms with E-state index in [9.17, 15) is 0 Å². The summed E-state index contributed by atoms with van der Waals surface area (Å²) >= 11 is 0. The van der Waals surface area contributed by atoms with Gasteiger partial charge in [-0.05, 0) is 44.4 Å². The van der Waals surface area contributed by atoms with E-state index in [1.165, 1.54) is 83.7 Å². The molecule has 3 aliphatic rings. The molecule has 1 N–H and O–H groups in total. The number of hydrogen-bond acceptors (Lipinski definition) is 2. The second kappa shape index (κ2) is 7.26. The molecule has 3 fully saturated rings. The minimum atomic E-state index is 0.786. The standard InChI is InChI=1S/C18H34N2/c1-2-3-7-15-12-17(19-16-8-4-5-9-16)14-20(13-15)18-10-6-11-18/h15-19H,2-14H2,1H3. The molecule has 20 heavy (non-hydrogen) atoms. The maximum atomic E-state index is 4.02. The number of nitrogens with zero attached hydrogens (tertiary/aromatic N) is 1. The molecule has 0 bridgehead atoms.